The molecule has 160 valence electrons. The maximum Gasteiger partial charge on any atom is 0.232 e. The van der Waals surface area contributed by atoms with Crippen molar-refractivity contribution < 1.29 is 14.3 Å². The van der Waals surface area contributed by atoms with Gasteiger partial charge in [0.2, 0.25) is 5.91 Å². The maximum absolute atomic E-state index is 13.3. The molecule has 5 rings (SSSR count). The fraction of sp³-hybridized carbons (Fsp3) is 0.185. The summed E-state index contributed by atoms with van der Waals surface area (Å²) >= 11 is 6.20. The van der Waals surface area contributed by atoms with Crippen LogP contribution in [-0.2, 0) is 9.59 Å². The maximum atomic E-state index is 13.3. The molecule has 5 heteroatoms. The van der Waals surface area contributed by atoms with Gasteiger partial charge in [-0.2, -0.15) is 0 Å². The highest BCUT2D eigenvalue weighted by atomic mass is 35.5. The average Bonchev–Trinajstić information content (AvgIpc) is 2.80. The number of carbonyl (C=O) groups excluding carboxylic acids is 2. The first kappa shape index (κ1) is 20.5. The van der Waals surface area contributed by atoms with Crippen LogP contribution in [0.1, 0.15) is 37.2 Å². The quantitative estimate of drug-likeness (QED) is 0.453. The minimum absolute atomic E-state index is 0.0137. The van der Waals surface area contributed by atoms with E-state index >= 15 is 0 Å². The summed E-state index contributed by atoms with van der Waals surface area (Å²) in [4.78, 5) is 28.0. The van der Waals surface area contributed by atoms with Gasteiger partial charge in [-0.25, -0.2) is 0 Å². The number of rotatable bonds is 4. The van der Waals surface area contributed by atoms with Gasteiger partial charge >= 0.3 is 0 Å². The van der Waals surface area contributed by atoms with E-state index in [1.54, 1.807) is 11.0 Å². The number of ketones is 1. The van der Waals surface area contributed by atoms with E-state index < -0.39 is 0 Å². The van der Waals surface area contributed by atoms with Gasteiger partial charge in [0.25, 0.3) is 0 Å². The second-order valence-corrected chi connectivity index (χ2v) is 8.52. The van der Waals surface area contributed by atoms with E-state index in [2.05, 4.69) is 0 Å². The smallest absolute Gasteiger partial charge is 0.232 e. The van der Waals surface area contributed by atoms with E-state index in [1.807, 2.05) is 72.8 Å². The van der Waals surface area contributed by atoms with Crippen molar-refractivity contribution in [1.29, 1.82) is 0 Å². The summed E-state index contributed by atoms with van der Waals surface area (Å²) in [6, 6.07) is 24.5. The second kappa shape index (κ2) is 8.64. The van der Waals surface area contributed by atoms with Crippen molar-refractivity contribution >= 4 is 29.0 Å². The Morgan fingerprint density at radius 2 is 1.59 bits per heavy atom. The molecule has 0 radical (unpaired) electrons. The molecule has 1 aliphatic carbocycles. The zero-order valence-corrected chi connectivity index (χ0v) is 18.2. The first-order chi connectivity index (χ1) is 15.6. The van der Waals surface area contributed by atoms with Crippen molar-refractivity contribution in [2.75, 3.05) is 4.90 Å². The molecular formula is C27H22ClNO3. The van der Waals surface area contributed by atoms with Crippen molar-refractivity contribution in [2.45, 2.75) is 31.6 Å². The van der Waals surface area contributed by atoms with Gasteiger partial charge in [-0.3, -0.25) is 14.5 Å². The fourth-order valence-corrected chi connectivity index (χ4v) is 4.79. The Bertz CT molecular complexity index is 1200. The molecule has 1 unspecified atom stereocenters. The van der Waals surface area contributed by atoms with Gasteiger partial charge in [0.05, 0.1) is 0 Å². The lowest BCUT2D eigenvalue weighted by atomic mass is 9.77. The van der Waals surface area contributed by atoms with Gasteiger partial charge in [0.1, 0.15) is 11.5 Å². The summed E-state index contributed by atoms with van der Waals surface area (Å²) in [5.74, 6) is 1.30. The second-order valence-electron chi connectivity index (χ2n) is 8.09. The Hall–Kier alpha value is -3.37. The first-order valence-electron chi connectivity index (χ1n) is 10.8. The van der Waals surface area contributed by atoms with Crippen molar-refractivity contribution in [2.24, 2.45) is 0 Å². The molecule has 3 aromatic rings. The summed E-state index contributed by atoms with van der Waals surface area (Å²) in [5, 5.41) is 0.608. The van der Waals surface area contributed by atoms with Gasteiger partial charge in [-0.1, -0.05) is 41.9 Å². The van der Waals surface area contributed by atoms with Crippen molar-refractivity contribution in [3.05, 3.63) is 101 Å². The van der Waals surface area contributed by atoms with Gasteiger partial charge in [0.15, 0.2) is 5.78 Å². The molecule has 32 heavy (non-hydrogen) atoms. The number of hydrogen-bond donors (Lipinski definition) is 0. The summed E-state index contributed by atoms with van der Waals surface area (Å²) in [5.41, 5.74) is 3.24. The number of allylic oxidation sites excluding steroid dienone is 2. The number of Topliss-reactive ketones (excluding diaryl/α,β-unsaturated/α-hetero) is 1. The third kappa shape index (κ3) is 3.94. The minimum Gasteiger partial charge on any atom is -0.457 e. The number of ether oxygens (including phenoxy) is 1. The molecule has 0 bridgehead atoms. The van der Waals surface area contributed by atoms with Gasteiger partial charge < -0.3 is 4.74 Å². The van der Waals surface area contributed by atoms with E-state index in [0.29, 0.717) is 23.6 Å². The topological polar surface area (TPSA) is 46.6 Å². The Kier molecular flexibility index (Phi) is 5.54. The lowest BCUT2D eigenvalue weighted by Crippen LogP contribution is -2.40. The standard InChI is InChI=1S/C27H22ClNO3/c28-19-7-4-6-18(16-19)23-17-26(31)29(24-10-5-11-25(30)27(23)24)20-12-14-22(15-13-20)32-21-8-2-1-3-9-21/h1-4,6-9,12-16,23H,5,10-11,17H2. The molecule has 0 saturated heterocycles. The fourth-order valence-electron chi connectivity index (χ4n) is 4.59. The first-order valence-corrected chi connectivity index (χ1v) is 11.2. The number of nitrogens with zero attached hydrogens (tertiary/aromatic N) is 1. The number of para-hydroxylation sites is 1. The number of benzene rings is 3. The van der Waals surface area contributed by atoms with Crippen molar-refractivity contribution in [3.63, 3.8) is 0 Å². The molecule has 4 nitrogen and oxygen atoms in total. The third-order valence-corrected chi connectivity index (χ3v) is 6.24. The van der Waals surface area contributed by atoms with E-state index in [-0.39, 0.29) is 24.0 Å². The summed E-state index contributed by atoms with van der Waals surface area (Å²) < 4.78 is 5.88. The highest BCUT2D eigenvalue weighted by molar-refractivity contribution is 6.30. The van der Waals surface area contributed by atoms with Gasteiger partial charge in [-0.05, 0) is 66.9 Å². The van der Waals surface area contributed by atoms with Crippen LogP contribution in [0.15, 0.2) is 90.1 Å². The van der Waals surface area contributed by atoms with Crippen LogP contribution in [-0.4, -0.2) is 11.7 Å². The van der Waals surface area contributed by atoms with E-state index in [4.69, 9.17) is 16.3 Å². The number of amides is 1. The number of carbonyl (C=O) groups is 2. The van der Waals surface area contributed by atoms with Crippen LogP contribution in [0.4, 0.5) is 5.69 Å². The Morgan fingerprint density at radius 1 is 0.844 bits per heavy atom. The number of halogens is 1. The molecule has 1 aliphatic heterocycles. The highest BCUT2D eigenvalue weighted by Gasteiger charge is 2.39. The molecule has 1 atom stereocenters. The molecule has 3 aromatic carbocycles. The van der Waals surface area contributed by atoms with E-state index in [1.165, 1.54) is 0 Å². The van der Waals surface area contributed by atoms with Gasteiger partial charge in [-0.15, -0.1) is 0 Å². The van der Waals surface area contributed by atoms with Crippen LogP contribution in [0.5, 0.6) is 11.5 Å². The lowest BCUT2D eigenvalue weighted by molar-refractivity contribution is -0.119. The minimum atomic E-state index is -0.249. The molecule has 2 aliphatic rings. The van der Waals surface area contributed by atoms with Crippen molar-refractivity contribution in [3.8, 4) is 11.5 Å². The molecule has 0 aromatic heterocycles. The summed E-state index contributed by atoms with van der Waals surface area (Å²) in [6.07, 6.45) is 2.21. The van der Waals surface area contributed by atoms with Crippen LogP contribution in [0.25, 0.3) is 0 Å². The Balaban J connectivity index is 1.50. The highest BCUT2D eigenvalue weighted by Crippen LogP contribution is 2.44. The van der Waals surface area contributed by atoms with Crippen molar-refractivity contribution in [1.82, 2.24) is 0 Å². The number of anilines is 1. The Labute approximate surface area is 192 Å². The monoisotopic (exact) mass is 443 g/mol. The Morgan fingerprint density at radius 3 is 2.34 bits per heavy atom. The molecule has 0 saturated carbocycles. The van der Waals surface area contributed by atoms with E-state index in [9.17, 15) is 9.59 Å². The van der Waals surface area contributed by atoms with Crippen LogP contribution in [0.2, 0.25) is 5.02 Å². The molecule has 0 N–H and O–H groups in total. The lowest BCUT2D eigenvalue weighted by Gasteiger charge is -2.38. The molecule has 1 amide bonds. The van der Waals surface area contributed by atoms with Crippen LogP contribution in [0, 0.1) is 0 Å². The summed E-state index contributed by atoms with van der Waals surface area (Å²) in [6.45, 7) is 0. The van der Waals surface area contributed by atoms with Crippen LogP contribution >= 0.6 is 11.6 Å². The average molecular weight is 444 g/mol. The zero-order chi connectivity index (χ0) is 22.1. The summed E-state index contributed by atoms with van der Waals surface area (Å²) in [7, 11) is 0. The zero-order valence-electron chi connectivity index (χ0n) is 17.5. The molecule has 0 fully saturated rings. The predicted molar refractivity (Wildman–Crippen MR) is 125 cm³/mol. The normalized spacial score (nSPS) is 18.5. The third-order valence-electron chi connectivity index (χ3n) is 6.00. The predicted octanol–water partition coefficient (Wildman–Crippen LogP) is 6.66. The molecular weight excluding hydrogens is 422 g/mol. The largest absolute Gasteiger partial charge is 0.457 e. The van der Waals surface area contributed by atoms with E-state index in [0.717, 1.165) is 34.7 Å². The van der Waals surface area contributed by atoms with Crippen LogP contribution in [0.3, 0.4) is 0 Å². The molecule has 1 heterocycles. The SMILES string of the molecule is O=C1CCCC2=C1C(c1cccc(Cl)c1)CC(=O)N2c1ccc(Oc2ccccc2)cc1. The van der Waals surface area contributed by atoms with Gasteiger partial charge in [0, 0.05) is 40.7 Å². The number of hydrogen-bond acceptors (Lipinski definition) is 3. The molecule has 0 spiro atoms. The van der Waals surface area contributed by atoms with Crippen LogP contribution < -0.4 is 9.64 Å².